The molecule has 1 unspecified atom stereocenters. The fourth-order valence-corrected chi connectivity index (χ4v) is 3.41. The van der Waals surface area contributed by atoms with E-state index in [1.54, 1.807) is 19.9 Å². The quantitative estimate of drug-likeness (QED) is 0.487. The van der Waals surface area contributed by atoms with Crippen molar-refractivity contribution in [3.63, 3.8) is 0 Å². The van der Waals surface area contributed by atoms with Gasteiger partial charge >= 0.3 is 6.03 Å². The van der Waals surface area contributed by atoms with Crippen molar-refractivity contribution >= 4 is 53.4 Å². The monoisotopic (exact) mass is 438 g/mol. The number of aryl methyl sites for hydroxylation is 1. The standard InChI is InChI=1S/C19H19N9O4/c1-9-6-12(28(24-9)18-21-11(3)10(2)16(30)23-18)22-13(29)7-27-8-20-15-14(27)17(31)26(5)19(32)25(15)4/h6,8,14H,2,7H2,1,3-5H3/p+1. The lowest BCUT2D eigenvalue weighted by Gasteiger charge is -2.30. The van der Waals surface area contributed by atoms with Gasteiger partial charge in [0, 0.05) is 20.2 Å². The lowest BCUT2D eigenvalue weighted by molar-refractivity contribution is -0.519. The minimum atomic E-state index is -0.876. The normalized spacial score (nSPS) is 20.7. The molecule has 3 aliphatic heterocycles. The molecule has 4 heterocycles. The van der Waals surface area contributed by atoms with Crippen LogP contribution < -0.4 is 5.32 Å². The highest BCUT2D eigenvalue weighted by atomic mass is 16.2. The van der Waals surface area contributed by atoms with E-state index in [2.05, 4.69) is 32.0 Å². The van der Waals surface area contributed by atoms with Gasteiger partial charge in [-0.15, -0.1) is 0 Å². The molecule has 1 N–H and O–H groups in total. The largest absolute Gasteiger partial charge is 0.333 e. The molecule has 0 bridgehead atoms. The Morgan fingerprint density at radius 3 is 2.59 bits per heavy atom. The number of aromatic nitrogens is 2. The first-order chi connectivity index (χ1) is 15.1. The lowest BCUT2D eigenvalue weighted by Crippen LogP contribution is -2.61. The van der Waals surface area contributed by atoms with E-state index in [-0.39, 0.29) is 29.7 Å². The van der Waals surface area contributed by atoms with Crippen LogP contribution in [-0.2, 0) is 14.4 Å². The van der Waals surface area contributed by atoms with Crippen molar-refractivity contribution in [2.24, 2.45) is 15.0 Å². The summed E-state index contributed by atoms with van der Waals surface area (Å²) >= 11 is 0. The van der Waals surface area contributed by atoms with Gasteiger partial charge in [0.15, 0.2) is 6.54 Å². The predicted octanol–water partition coefficient (Wildman–Crippen LogP) is -0.763. The van der Waals surface area contributed by atoms with Crippen molar-refractivity contribution < 1.29 is 23.8 Å². The molecule has 0 aliphatic carbocycles. The van der Waals surface area contributed by atoms with Gasteiger partial charge in [0.1, 0.15) is 5.82 Å². The molecule has 32 heavy (non-hydrogen) atoms. The Hall–Kier alpha value is -4.29. The van der Waals surface area contributed by atoms with E-state index in [1.165, 1.54) is 34.6 Å². The first-order valence-electron chi connectivity index (χ1n) is 9.55. The summed E-state index contributed by atoms with van der Waals surface area (Å²) in [6, 6.07) is 0.227. The zero-order valence-electron chi connectivity index (χ0n) is 17.9. The fourth-order valence-electron chi connectivity index (χ4n) is 3.41. The minimum Gasteiger partial charge on any atom is -0.307 e. The average molecular weight is 438 g/mol. The molecular formula is C19H20N9O4+. The number of nitrogens with one attached hydrogen (secondary N) is 1. The maximum atomic E-state index is 12.8. The third-order valence-corrected chi connectivity index (χ3v) is 5.18. The Bertz CT molecular complexity index is 1230. The Balaban J connectivity index is 1.53. The number of likely N-dealkylation sites (N-methyl/N-ethyl adjacent to an activating group) is 2. The third kappa shape index (κ3) is 3.33. The van der Waals surface area contributed by atoms with Gasteiger partial charge in [-0.1, -0.05) is 6.58 Å². The number of urea groups is 1. The SMILES string of the molecule is C=C1C(=O)N=C(n2nc(C)cc2NC(=O)C[N+]2=CN=C3C2C(=O)N(C)C(=O)N3C)N=C1C. The van der Waals surface area contributed by atoms with Gasteiger partial charge in [-0.3, -0.25) is 24.2 Å². The van der Waals surface area contributed by atoms with Crippen molar-refractivity contribution in [3.8, 4) is 0 Å². The lowest BCUT2D eigenvalue weighted by atomic mass is 10.1. The second-order valence-electron chi connectivity index (χ2n) is 7.44. The van der Waals surface area contributed by atoms with Gasteiger partial charge in [0.2, 0.25) is 0 Å². The van der Waals surface area contributed by atoms with Crippen molar-refractivity contribution in [1.29, 1.82) is 0 Å². The molecule has 1 fully saturated rings. The molecule has 0 radical (unpaired) electrons. The Kier molecular flexibility index (Phi) is 4.87. The summed E-state index contributed by atoms with van der Waals surface area (Å²) in [7, 11) is 2.89. The first-order valence-corrected chi connectivity index (χ1v) is 9.55. The number of fused-ring (bicyclic) bond motifs is 1. The third-order valence-electron chi connectivity index (χ3n) is 5.18. The summed E-state index contributed by atoms with van der Waals surface area (Å²) in [4.78, 5) is 63.9. The van der Waals surface area contributed by atoms with E-state index in [0.29, 0.717) is 11.4 Å². The van der Waals surface area contributed by atoms with Crippen LogP contribution in [-0.4, -0.2) is 98.4 Å². The Morgan fingerprint density at radius 1 is 1.19 bits per heavy atom. The van der Waals surface area contributed by atoms with Crippen LogP contribution in [0.2, 0.25) is 0 Å². The van der Waals surface area contributed by atoms with Crippen LogP contribution in [0.5, 0.6) is 0 Å². The van der Waals surface area contributed by atoms with Crippen LogP contribution in [0.25, 0.3) is 0 Å². The molecule has 4 rings (SSSR count). The summed E-state index contributed by atoms with van der Waals surface area (Å²) in [6.07, 6.45) is 1.35. The summed E-state index contributed by atoms with van der Waals surface area (Å²) in [5.74, 6) is -0.968. The fraction of sp³-hybridized carbons (Fsp3) is 0.316. The van der Waals surface area contributed by atoms with E-state index in [4.69, 9.17) is 0 Å². The van der Waals surface area contributed by atoms with Crippen molar-refractivity contribution in [2.75, 3.05) is 26.0 Å². The van der Waals surface area contributed by atoms with E-state index >= 15 is 0 Å². The number of imide groups is 1. The summed E-state index contributed by atoms with van der Waals surface area (Å²) in [6.45, 7) is 6.76. The van der Waals surface area contributed by atoms with Crippen LogP contribution in [0.3, 0.4) is 0 Å². The molecule has 0 saturated carbocycles. The maximum absolute atomic E-state index is 12.8. The van der Waals surface area contributed by atoms with Gasteiger partial charge in [-0.2, -0.15) is 14.8 Å². The highest BCUT2D eigenvalue weighted by Gasteiger charge is 2.50. The smallest absolute Gasteiger partial charge is 0.307 e. The van der Waals surface area contributed by atoms with Gasteiger partial charge in [0.25, 0.3) is 41.9 Å². The molecule has 1 saturated heterocycles. The maximum Gasteiger partial charge on any atom is 0.333 e. The van der Waals surface area contributed by atoms with Crippen molar-refractivity contribution in [1.82, 2.24) is 19.6 Å². The Labute approximate surface area is 182 Å². The van der Waals surface area contributed by atoms with E-state index in [9.17, 15) is 19.2 Å². The molecule has 1 atom stereocenters. The number of hydrogen-bond donors (Lipinski definition) is 1. The molecule has 1 aromatic heterocycles. The predicted molar refractivity (Wildman–Crippen MR) is 114 cm³/mol. The second kappa shape index (κ2) is 7.44. The molecule has 13 nitrogen and oxygen atoms in total. The zero-order valence-corrected chi connectivity index (χ0v) is 17.9. The number of hydrogen-bond acceptors (Lipinski definition) is 7. The van der Waals surface area contributed by atoms with Crippen LogP contribution in [0, 0.1) is 6.92 Å². The summed E-state index contributed by atoms with van der Waals surface area (Å²) in [5.41, 5.74) is 1.16. The molecule has 164 valence electrons. The van der Waals surface area contributed by atoms with Gasteiger partial charge in [0.05, 0.1) is 17.0 Å². The Morgan fingerprint density at radius 2 is 1.91 bits per heavy atom. The average Bonchev–Trinajstić information content (AvgIpc) is 3.31. The van der Waals surface area contributed by atoms with Crippen molar-refractivity contribution in [2.45, 2.75) is 19.9 Å². The second-order valence-corrected chi connectivity index (χ2v) is 7.44. The van der Waals surface area contributed by atoms with Crippen LogP contribution >= 0.6 is 0 Å². The van der Waals surface area contributed by atoms with Crippen molar-refractivity contribution in [3.05, 3.63) is 23.9 Å². The number of aliphatic imine (C=N–C) groups is 3. The highest BCUT2D eigenvalue weighted by molar-refractivity contribution is 6.28. The number of amidine groups is 1. The topological polar surface area (TPSA) is 145 Å². The molecule has 0 spiro atoms. The number of carbonyl (C=O) groups excluding carboxylic acids is 4. The molecule has 0 aromatic carbocycles. The van der Waals surface area contributed by atoms with Gasteiger partial charge < -0.3 is 5.32 Å². The van der Waals surface area contributed by atoms with Gasteiger partial charge in [-0.25, -0.2) is 14.4 Å². The van der Waals surface area contributed by atoms with Gasteiger partial charge in [-0.05, 0) is 18.8 Å². The zero-order chi connectivity index (χ0) is 23.3. The molecular weight excluding hydrogens is 418 g/mol. The summed E-state index contributed by atoms with van der Waals surface area (Å²) in [5, 5.41) is 6.95. The van der Waals surface area contributed by atoms with E-state index in [1.807, 2.05) is 0 Å². The molecule has 3 aliphatic rings. The van der Waals surface area contributed by atoms with E-state index < -0.39 is 29.8 Å². The number of rotatable bonds is 3. The van der Waals surface area contributed by atoms with Crippen LogP contribution in [0.1, 0.15) is 12.6 Å². The number of nitrogens with zero attached hydrogens (tertiary/aromatic N) is 8. The number of anilines is 1. The van der Waals surface area contributed by atoms with Crippen LogP contribution in [0.15, 0.2) is 33.2 Å². The molecule has 1 aromatic rings. The molecule has 5 amide bonds. The summed E-state index contributed by atoms with van der Waals surface area (Å²) < 4.78 is 2.69. The minimum absolute atomic E-state index is 0.00544. The number of amides is 5. The first kappa shape index (κ1) is 21.0. The van der Waals surface area contributed by atoms with Crippen LogP contribution in [0.4, 0.5) is 10.6 Å². The molecule has 13 heteroatoms. The number of carbonyl (C=O) groups is 4. The highest BCUT2D eigenvalue weighted by Crippen LogP contribution is 2.18. The van der Waals surface area contributed by atoms with E-state index in [0.717, 1.165) is 4.90 Å².